The van der Waals surface area contributed by atoms with Crippen LogP contribution in [0, 0.1) is 6.92 Å². The molecule has 3 aromatic rings. The highest BCUT2D eigenvalue weighted by atomic mass is 16.1. The maximum absolute atomic E-state index is 11.4. The van der Waals surface area contributed by atoms with Crippen LogP contribution in [0.1, 0.15) is 15.9 Å². The van der Waals surface area contributed by atoms with Gasteiger partial charge in [0.15, 0.2) is 0 Å². The lowest BCUT2D eigenvalue weighted by atomic mass is 9.97. The standard InChI is InChI=1S/C20H18N2O/c1-14-7-8-16(20(21)23)13-19(14)15-9-11-18(12-10-15)22-17-5-3-2-4-6-17/h2-13,22H,1H3,(H2,21,23). The molecule has 0 bridgehead atoms. The maximum Gasteiger partial charge on any atom is 0.248 e. The van der Waals surface area contributed by atoms with Crippen molar-refractivity contribution in [2.75, 3.05) is 5.32 Å². The molecule has 0 saturated heterocycles. The smallest absolute Gasteiger partial charge is 0.248 e. The zero-order valence-corrected chi connectivity index (χ0v) is 12.9. The zero-order chi connectivity index (χ0) is 16.2. The van der Waals surface area contributed by atoms with E-state index in [0.717, 1.165) is 28.1 Å². The first-order valence-corrected chi connectivity index (χ1v) is 7.46. The molecule has 0 fully saturated rings. The van der Waals surface area contributed by atoms with Crippen LogP contribution in [-0.2, 0) is 0 Å². The van der Waals surface area contributed by atoms with E-state index in [0.29, 0.717) is 5.56 Å². The van der Waals surface area contributed by atoms with Gasteiger partial charge in [0.1, 0.15) is 0 Å². The molecule has 0 aliphatic carbocycles. The van der Waals surface area contributed by atoms with Crippen molar-refractivity contribution < 1.29 is 4.79 Å². The largest absolute Gasteiger partial charge is 0.366 e. The number of rotatable bonds is 4. The van der Waals surface area contributed by atoms with Gasteiger partial charge in [-0.1, -0.05) is 36.4 Å². The number of hydrogen-bond donors (Lipinski definition) is 2. The van der Waals surface area contributed by atoms with Gasteiger partial charge in [-0.05, 0) is 60.0 Å². The number of nitrogens with one attached hydrogen (secondary N) is 1. The van der Waals surface area contributed by atoms with Gasteiger partial charge < -0.3 is 11.1 Å². The molecule has 3 N–H and O–H groups in total. The highest BCUT2D eigenvalue weighted by Crippen LogP contribution is 2.27. The third-order valence-corrected chi connectivity index (χ3v) is 3.78. The van der Waals surface area contributed by atoms with Crippen molar-refractivity contribution in [3.63, 3.8) is 0 Å². The summed E-state index contributed by atoms with van der Waals surface area (Å²) in [5.41, 5.74) is 11.2. The molecular weight excluding hydrogens is 284 g/mol. The Balaban J connectivity index is 1.88. The third-order valence-electron chi connectivity index (χ3n) is 3.78. The van der Waals surface area contributed by atoms with Crippen LogP contribution in [0.3, 0.4) is 0 Å². The third kappa shape index (κ3) is 3.40. The Hall–Kier alpha value is -3.07. The molecule has 3 rings (SSSR count). The van der Waals surface area contributed by atoms with Crippen molar-refractivity contribution in [2.24, 2.45) is 5.73 Å². The average molecular weight is 302 g/mol. The van der Waals surface area contributed by atoms with Gasteiger partial charge in [-0.25, -0.2) is 0 Å². The molecule has 114 valence electrons. The number of carbonyl (C=O) groups is 1. The van der Waals surface area contributed by atoms with E-state index in [4.69, 9.17) is 5.73 Å². The first kappa shape index (κ1) is 14.9. The first-order chi connectivity index (χ1) is 11.1. The first-order valence-electron chi connectivity index (χ1n) is 7.46. The molecule has 3 heteroatoms. The van der Waals surface area contributed by atoms with Crippen molar-refractivity contribution >= 4 is 17.3 Å². The van der Waals surface area contributed by atoms with E-state index < -0.39 is 5.91 Å². The Morgan fingerprint density at radius 2 is 1.52 bits per heavy atom. The van der Waals surface area contributed by atoms with Crippen LogP contribution >= 0.6 is 0 Å². The van der Waals surface area contributed by atoms with Gasteiger partial charge in [0.25, 0.3) is 0 Å². The van der Waals surface area contributed by atoms with Crippen LogP contribution in [-0.4, -0.2) is 5.91 Å². The minimum atomic E-state index is -0.409. The fourth-order valence-corrected chi connectivity index (χ4v) is 2.51. The Morgan fingerprint density at radius 3 is 2.17 bits per heavy atom. The molecule has 0 atom stereocenters. The van der Waals surface area contributed by atoms with Crippen molar-refractivity contribution in [1.82, 2.24) is 0 Å². The Bertz CT molecular complexity index is 824. The summed E-state index contributed by atoms with van der Waals surface area (Å²) in [5, 5.41) is 3.35. The predicted molar refractivity (Wildman–Crippen MR) is 94.9 cm³/mol. The summed E-state index contributed by atoms with van der Waals surface area (Å²) in [6, 6.07) is 23.7. The second kappa shape index (κ2) is 6.36. The molecule has 0 aliphatic heterocycles. The highest BCUT2D eigenvalue weighted by molar-refractivity contribution is 5.94. The van der Waals surface area contributed by atoms with E-state index >= 15 is 0 Å². The van der Waals surface area contributed by atoms with Crippen molar-refractivity contribution in [3.8, 4) is 11.1 Å². The second-order valence-corrected chi connectivity index (χ2v) is 5.46. The zero-order valence-electron chi connectivity index (χ0n) is 12.9. The molecular formula is C20H18N2O. The summed E-state index contributed by atoms with van der Waals surface area (Å²) in [7, 11) is 0. The molecule has 0 aromatic heterocycles. The van der Waals surface area contributed by atoms with Crippen LogP contribution in [0.5, 0.6) is 0 Å². The lowest BCUT2D eigenvalue weighted by Gasteiger charge is -2.10. The van der Waals surface area contributed by atoms with Gasteiger partial charge in [0, 0.05) is 16.9 Å². The number of carbonyl (C=O) groups excluding carboxylic acids is 1. The molecule has 23 heavy (non-hydrogen) atoms. The van der Waals surface area contributed by atoms with Crippen molar-refractivity contribution in [3.05, 3.63) is 83.9 Å². The highest BCUT2D eigenvalue weighted by Gasteiger charge is 2.07. The van der Waals surface area contributed by atoms with E-state index in [2.05, 4.69) is 5.32 Å². The molecule has 0 unspecified atom stereocenters. The second-order valence-electron chi connectivity index (χ2n) is 5.46. The van der Waals surface area contributed by atoms with E-state index in [1.807, 2.05) is 73.7 Å². The van der Waals surface area contributed by atoms with Crippen LogP contribution in [0.4, 0.5) is 11.4 Å². The number of aryl methyl sites for hydroxylation is 1. The Morgan fingerprint density at radius 1 is 0.870 bits per heavy atom. The summed E-state index contributed by atoms with van der Waals surface area (Å²) < 4.78 is 0. The van der Waals surface area contributed by atoms with Gasteiger partial charge in [0.2, 0.25) is 5.91 Å². The van der Waals surface area contributed by atoms with Gasteiger partial charge >= 0.3 is 0 Å². The number of anilines is 2. The summed E-state index contributed by atoms with van der Waals surface area (Å²) in [5.74, 6) is -0.409. The van der Waals surface area contributed by atoms with E-state index in [1.54, 1.807) is 6.07 Å². The monoisotopic (exact) mass is 302 g/mol. The number of benzene rings is 3. The molecule has 0 spiro atoms. The van der Waals surface area contributed by atoms with Gasteiger partial charge in [-0.3, -0.25) is 4.79 Å². The number of nitrogens with two attached hydrogens (primary N) is 1. The molecule has 3 aromatic carbocycles. The normalized spacial score (nSPS) is 10.3. The lowest BCUT2D eigenvalue weighted by molar-refractivity contribution is 0.100. The SMILES string of the molecule is Cc1ccc(C(N)=O)cc1-c1ccc(Nc2ccccc2)cc1. The van der Waals surface area contributed by atoms with Crippen LogP contribution < -0.4 is 11.1 Å². The Kier molecular flexibility index (Phi) is 4.11. The summed E-state index contributed by atoms with van der Waals surface area (Å²) in [6.07, 6.45) is 0. The maximum atomic E-state index is 11.4. The molecule has 0 radical (unpaired) electrons. The summed E-state index contributed by atoms with van der Waals surface area (Å²) in [6.45, 7) is 2.02. The van der Waals surface area contributed by atoms with E-state index in [1.165, 1.54) is 0 Å². The van der Waals surface area contributed by atoms with Crippen molar-refractivity contribution in [2.45, 2.75) is 6.92 Å². The lowest BCUT2D eigenvalue weighted by Crippen LogP contribution is -2.10. The summed E-state index contributed by atoms with van der Waals surface area (Å²) in [4.78, 5) is 11.4. The molecule has 0 heterocycles. The topological polar surface area (TPSA) is 55.1 Å². The molecule has 0 aliphatic rings. The number of amides is 1. The van der Waals surface area contributed by atoms with Gasteiger partial charge in [-0.15, -0.1) is 0 Å². The minimum absolute atomic E-state index is 0.409. The fourth-order valence-electron chi connectivity index (χ4n) is 2.51. The average Bonchev–Trinajstić information content (AvgIpc) is 2.57. The number of hydrogen-bond acceptors (Lipinski definition) is 2. The van der Waals surface area contributed by atoms with E-state index in [-0.39, 0.29) is 0 Å². The van der Waals surface area contributed by atoms with Gasteiger partial charge in [-0.2, -0.15) is 0 Å². The van der Waals surface area contributed by atoms with Gasteiger partial charge in [0.05, 0.1) is 0 Å². The number of para-hydroxylation sites is 1. The van der Waals surface area contributed by atoms with E-state index in [9.17, 15) is 4.79 Å². The van der Waals surface area contributed by atoms with Crippen LogP contribution in [0.15, 0.2) is 72.8 Å². The van der Waals surface area contributed by atoms with Crippen LogP contribution in [0.25, 0.3) is 11.1 Å². The molecule has 1 amide bonds. The number of primary amides is 1. The molecule has 3 nitrogen and oxygen atoms in total. The summed E-state index contributed by atoms with van der Waals surface area (Å²) >= 11 is 0. The minimum Gasteiger partial charge on any atom is -0.366 e. The van der Waals surface area contributed by atoms with Crippen LogP contribution in [0.2, 0.25) is 0 Å². The fraction of sp³-hybridized carbons (Fsp3) is 0.0500. The van der Waals surface area contributed by atoms with Crippen molar-refractivity contribution in [1.29, 1.82) is 0 Å². The quantitative estimate of drug-likeness (QED) is 0.745. The Labute approximate surface area is 135 Å². The molecule has 0 saturated carbocycles. The predicted octanol–water partition coefficient (Wildman–Crippen LogP) is 4.50.